The van der Waals surface area contributed by atoms with Gasteiger partial charge in [-0.25, -0.2) is 0 Å². The second-order valence-electron chi connectivity index (χ2n) is 5.72. The quantitative estimate of drug-likeness (QED) is 0.870. The van der Waals surface area contributed by atoms with Crippen molar-refractivity contribution < 1.29 is 18.0 Å². The van der Waals surface area contributed by atoms with Gasteiger partial charge in [0.15, 0.2) is 0 Å². The second-order valence-corrected chi connectivity index (χ2v) is 5.72. The minimum Gasteiger partial charge on any atom is -0.351 e. The molecule has 1 aromatic carbocycles. The average molecular weight is 316 g/mol. The summed E-state index contributed by atoms with van der Waals surface area (Å²) in [6.45, 7) is 9.07. The minimum absolute atomic E-state index is 0.305. The Morgan fingerprint density at radius 1 is 1.14 bits per heavy atom. The summed E-state index contributed by atoms with van der Waals surface area (Å²) >= 11 is 0. The summed E-state index contributed by atoms with van der Waals surface area (Å²) in [6.07, 6.45) is -4.53. The molecule has 0 saturated carbocycles. The molecule has 0 unspecified atom stereocenters. The highest BCUT2D eigenvalue weighted by Gasteiger charge is 2.34. The van der Waals surface area contributed by atoms with E-state index in [4.69, 9.17) is 0 Å². The van der Waals surface area contributed by atoms with Crippen molar-refractivity contribution in [3.63, 3.8) is 0 Å². The van der Waals surface area contributed by atoms with Gasteiger partial charge in [0.1, 0.15) is 0 Å². The molecule has 1 rings (SSSR count). The SMILES string of the molecule is CC(C)N(CCNC(=O)c1ccccc1C(F)(F)F)C(C)C. The summed E-state index contributed by atoms with van der Waals surface area (Å²) in [6, 6.07) is 5.43. The van der Waals surface area contributed by atoms with Crippen LogP contribution in [0.3, 0.4) is 0 Å². The molecule has 0 heterocycles. The fourth-order valence-electron chi connectivity index (χ4n) is 2.43. The van der Waals surface area contributed by atoms with Crippen LogP contribution in [0.5, 0.6) is 0 Å². The Labute approximate surface area is 129 Å². The molecule has 22 heavy (non-hydrogen) atoms. The fourth-order valence-corrected chi connectivity index (χ4v) is 2.43. The molecule has 0 bridgehead atoms. The van der Waals surface area contributed by atoms with Crippen LogP contribution >= 0.6 is 0 Å². The predicted molar refractivity (Wildman–Crippen MR) is 80.8 cm³/mol. The van der Waals surface area contributed by atoms with Gasteiger partial charge in [-0.3, -0.25) is 9.69 Å². The van der Waals surface area contributed by atoms with Gasteiger partial charge in [0.25, 0.3) is 5.91 Å². The van der Waals surface area contributed by atoms with Gasteiger partial charge >= 0.3 is 6.18 Å². The van der Waals surface area contributed by atoms with Crippen LogP contribution in [0, 0.1) is 0 Å². The van der Waals surface area contributed by atoms with Crippen molar-refractivity contribution in [1.29, 1.82) is 0 Å². The maximum absolute atomic E-state index is 12.9. The summed E-state index contributed by atoms with van der Waals surface area (Å²) in [5.41, 5.74) is -1.24. The monoisotopic (exact) mass is 316 g/mol. The maximum Gasteiger partial charge on any atom is 0.417 e. The van der Waals surface area contributed by atoms with Gasteiger partial charge < -0.3 is 5.32 Å². The zero-order valence-corrected chi connectivity index (χ0v) is 13.4. The molecule has 0 spiro atoms. The molecular weight excluding hydrogens is 293 g/mol. The van der Waals surface area contributed by atoms with E-state index in [0.29, 0.717) is 25.2 Å². The highest BCUT2D eigenvalue weighted by Crippen LogP contribution is 2.31. The topological polar surface area (TPSA) is 32.3 Å². The van der Waals surface area contributed by atoms with Crippen LogP contribution in [0.2, 0.25) is 0 Å². The number of carbonyl (C=O) groups excluding carboxylic acids is 1. The van der Waals surface area contributed by atoms with E-state index in [-0.39, 0.29) is 5.56 Å². The number of nitrogens with zero attached hydrogens (tertiary/aromatic N) is 1. The lowest BCUT2D eigenvalue weighted by molar-refractivity contribution is -0.137. The third-order valence-electron chi connectivity index (χ3n) is 3.46. The Kier molecular flexibility index (Phi) is 6.41. The average Bonchev–Trinajstić information content (AvgIpc) is 2.41. The first-order valence-corrected chi connectivity index (χ1v) is 7.34. The van der Waals surface area contributed by atoms with E-state index >= 15 is 0 Å². The van der Waals surface area contributed by atoms with Gasteiger partial charge in [-0.15, -0.1) is 0 Å². The Morgan fingerprint density at radius 3 is 2.18 bits per heavy atom. The van der Waals surface area contributed by atoms with Crippen molar-refractivity contribution in [1.82, 2.24) is 10.2 Å². The minimum atomic E-state index is -4.53. The molecular formula is C16H23F3N2O. The highest BCUT2D eigenvalue weighted by molar-refractivity contribution is 5.95. The summed E-state index contributed by atoms with van der Waals surface area (Å²) in [7, 11) is 0. The lowest BCUT2D eigenvalue weighted by Gasteiger charge is -2.30. The molecule has 0 saturated heterocycles. The number of hydrogen-bond donors (Lipinski definition) is 1. The Hall–Kier alpha value is -1.56. The molecule has 124 valence electrons. The van der Waals surface area contributed by atoms with Gasteiger partial charge in [-0.2, -0.15) is 13.2 Å². The standard InChI is InChI=1S/C16H23F3N2O/c1-11(2)21(12(3)4)10-9-20-15(22)13-7-5-6-8-14(13)16(17,18)19/h5-8,11-12H,9-10H2,1-4H3,(H,20,22). The third-order valence-corrected chi connectivity index (χ3v) is 3.46. The van der Waals surface area contributed by atoms with Crippen molar-refractivity contribution in [3.05, 3.63) is 35.4 Å². The van der Waals surface area contributed by atoms with Gasteiger partial charge in [0.2, 0.25) is 0 Å². The molecule has 6 heteroatoms. The van der Waals surface area contributed by atoms with Crippen molar-refractivity contribution in [3.8, 4) is 0 Å². The van der Waals surface area contributed by atoms with E-state index in [2.05, 4.69) is 10.2 Å². The zero-order chi connectivity index (χ0) is 16.9. The van der Waals surface area contributed by atoms with E-state index in [1.807, 2.05) is 27.7 Å². The molecule has 0 fully saturated rings. The summed E-state index contributed by atoms with van der Waals surface area (Å²) in [4.78, 5) is 14.2. The first-order valence-electron chi connectivity index (χ1n) is 7.34. The van der Waals surface area contributed by atoms with Crippen molar-refractivity contribution in [2.24, 2.45) is 0 Å². The summed E-state index contributed by atoms with van der Waals surface area (Å²) in [5, 5.41) is 2.57. The lowest BCUT2D eigenvalue weighted by atomic mass is 10.1. The molecule has 0 radical (unpaired) electrons. The number of amides is 1. The van der Waals surface area contributed by atoms with Gasteiger partial charge in [0, 0.05) is 25.2 Å². The van der Waals surface area contributed by atoms with E-state index < -0.39 is 17.6 Å². The summed E-state index contributed by atoms with van der Waals surface area (Å²) < 4.78 is 38.6. The molecule has 0 aromatic heterocycles. The van der Waals surface area contributed by atoms with Gasteiger partial charge in [-0.1, -0.05) is 12.1 Å². The van der Waals surface area contributed by atoms with Crippen LogP contribution < -0.4 is 5.32 Å². The van der Waals surface area contributed by atoms with Crippen molar-refractivity contribution >= 4 is 5.91 Å². The lowest BCUT2D eigenvalue weighted by Crippen LogP contribution is -2.42. The predicted octanol–water partition coefficient (Wildman–Crippen LogP) is 3.55. The Bertz CT molecular complexity index is 490. The Morgan fingerprint density at radius 2 is 1.68 bits per heavy atom. The first-order chi connectivity index (χ1) is 10.1. The van der Waals surface area contributed by atoms with Crippen LogP contribution in [0.25, 0.3) is 0 Å². The number of alkyl halides is 3. The molecule has 3 nitrogen and oxygen atoms in total. The van der Waals surface area contributed by atoms with Crippen LogP contribution in [0.15, 0.2) is 24.3 Å². The van der Waals surface area contributed by atoms with Crippen LogP contribution in [-0.4, -0.2) is 36.0 Å². The third kappa shape index (κ3) is 5.02. The smallest absolute Gasteiger partial charge is 0.351 e. The van der Waals surface area contributed by atoms with E-state index in [9.17, 15) is 18.0 Å². The normalized spacial score (nSPS) is 12.3. The molecule has 1 aromatic rings. The van der Waals surface area contributed by atoms with Gasteiger partial charge in [-0.05, 0) is 39.8 Å². The number of nitrogens with one attached hydrogen (secondary N) is 1. The molecule has 0 aliphatic rings. The highest BCUT2D eigenvalue weighted by atomic mass is 19.4. The number of carbonyl (C=O) groups is 1. The number of benzene rings is 1. The van der Waals surface area contributed by atoms with Crippen LogP contribution in [0.1, 0.15) is 43.6 Å². The Balaban J connectivity index is 2.71. The van der Waals surface area contributed by atoms with Crippen molar-refractivity contribution in [2.75, 3.05) is 13.1 Å². The zero-order valence-electron chi connectivity index (χ0n) is 13.4. The number of rotatable bonds is 6. The second kappa shape index (κ2) is 7.63. The van der Waals surface area contributed by atoms with E-state index in [1.165, 1.54) is 18.2 Å². The van der Waals surface area contributed by atoms with E-state index in [1.54, 1.807) is 0 Å². The molecule has 1 N–H and O–H groups in total. The molecule has 1 amide bonds. The van der Waals surface area contributed by atoms with Crippen molar-refractivity contribution in [2.45, 2.75) is 46.0 Å². The molecule has 0 aliphatic carbocycles. The van der Waals surface area contributed by atoms with Gasteiger partial charge in [0.05, 0.1) is 11.1 Å². The molecule has 0 aliphatic heterocycles. The molecule has 0 atom stereocenters. The largest absolute Gasteiger partial charge is 0.417 e. The maximum atomic E-state index is 12.9. The first kappa shape index (κ1) is 18.5. The fraction of sp³-hybridized carbons (Fsp3) is 0.562. The van der Waals surface area contributed by atoms with Crippen LogP contribution in [-0.2, 0) is 6.18 Å². The number of hydrogen-bond acceptors (Lipinski definition) is 2. The number of halogens is 3. The van der Waals surface area contributed by atoms with Crippen LogP contribution in [0.4, 0.5) is 13.2 Å². The summed E-state index contributed by atoms with van der Waals surface area (Å²) in [5.74, 6) is -0.694. The van der Waals surface area contributed by atoms with E-state index in [0.717, 1.165) is 6.07 Å².